The largest absolute Gasteiger partial charge is 0.313 e. The molecule has 0 amide bonds. The van der Waals surface area contributed by atoms with Gasteiger partial charge in [-0.3, -0.25) is 0 Å². The lowest BCUT2D eigenvalue weighted by Gasteiger charge is -2.28. The monoisotopic (exact) mass is 247 g/mol. The number of hydrogen-bond donors (Lipinski definition) is 1. The van der Waals surface area contributed by atoms with Crippen LogP contribution in [-0.4, -0.2) is 12.6 Å². The molecule has 0 saturated carbocycles. The van der Waals surface area contributed by atoms with Crippen molar-refractivity contribution in [1.82, 2.24) is 5.32 Å². The van der Waals surface area contributed by atoms with Gasteiger partial charge in [-0.1, -0.05) is 58.0 Å². The van der Waals surface area contributed by atoms with Crippen LogP contribution < -0.4 is 5.32 Å². The van der Waals surface area contributed by atoms with E-state index in [9.17, 15) is 0 Å². The van der Waals surface area contributed by atoms with Crippen molar-refractivity contribution in [1.29, 1.82) is 0 Å². The Morgan fingerprint density at radius 2 is 1.61 bits per heavy atom. The summed E-state index contributed by atoms with van der Waals surface area (Å²) in [6, 6.07) is 11.4. The quantitative estimate of drug-likeness (QED) is 0.754. The average Bonchev–Trinajstić information content (AvgIpc) is 2.35. The van der Waals surface area contributed by atoms with Gasteiger partial charge in [-0.25, -0.2) is 0 Å². The van der Waals surface area contributed by atoms with Crippen LogP contribution >= 0.6 is 0 Å². The second-order valence-corrected chi connectivity index (χ2v) is 6.50. The Hall–Kier alpha value is -0.820. The van der Waals surface area contributed by atoms with E-state index in [2.05, 4.69) is 70.3 Å². The summed E-state index contributed by atoms with van der Waals surface area (Å²) in [7, 11) is 0. The molecule has 0 aliphatic carbocycles. The molecule has 0 spiro atoms. The van der Waals surface area contributed by atoms with E-state index in [4.69, 9.17) is 0 Å². The topological polar surface area (TPSA) is 12.0 Å². The van der Waals surface area contributed by atoms with Crippen LogP contribution in [0.2, 0.25) is 0 Å². The maximum atomic E-state index is 3.68. The van der Waals surface area contributed by atoms with Crippen LogP contribution in [0.4, 0.5) is 0 Å². The Bertz CT molecular complexity index is 327. The molecule has 0 aliphatic heterocycles. The van der Waals surface area contributed by atoms with Crippen LogP contribution in [0.1, 0.15) is 53.0 Å². The van der Waals surface area contributed by atoms with Crippen LogP contribution in [0.5, 0.6) is 0 Å². The van der Waals surface area contributed by atoms with Gasteiger partial charge in [0.25, 0.3) is 0 Å². The van der Waals surface area contributed by atoms with Crippen LogP contribution in [0.15, 0.2) is 30.3 Å². The van der Waals surface area contributed by atoms with E-state index in [0.29, 0.717) is 6.04 Å². The highest BCUT2D eigenvalue weighted by atomic mass is 14.9. The molecule has 1 aromatic carbocycles. The third-order valence-electron chi connectivity index (χ3n) is 3.62. The Morgan fingerprint density at radius 3 is 2.17 bits per heavy atom. The molecule has 18 heavy (non-hydrogen) atoms. The SMILES string of the molecule is CC(C)CCC(C)NCC(C)(C)c1ccccc1. The Labute approximate surface area is 113 Å². The maximum Gasteiger partial charge on any atom is 0.00456 e. The highest BCUT2D eigenvalue weighted by Crippen LogP contribution is 2.22. The van der Waals surface area contributed by atoms with Crippen molar-refractivity contribution in [3.05, 3.63) is 35.9 Å². The summed E-state index contributed by atoms with van der Waals surface area (Å²) in [5, 5.41) is 3.68. The van der Waals surface area contributed by atoms with Crippen molar-refractivity contribution in [2.45, 2.75) is 58.9 Å². The van der Waals surface area contributed by atoms with Crippen molar-refractivity contribution in [3.8, 4) is 0 Å². The van der Waals surface area contributed by atoms with Crippen molar-refractivity contribution in [2.24, 2.45) is 5.92 Å². The molecule has 0 fully saturated rings. The van der Waals surface area contributed by atoms with Gasteiger partial charge < -0.3 is 5.32 Å². The van der Waals surface area contributed by atoms with Crippen molar-refractivity contribution >= 4 is 0 Å². The van der Waals surface area contributed by atoms with E-state index in [-0.39, 0.29) is 5.41 Å². The molecule has 1 aromatic rings. The first-order chi connectivity index (χ1) is 8.42. The summed E-state index contributed by atoms with van der Waals surface area (Å²) in [6.07, 6.45) is 2.57. The molecule has 0 heterocycles. The molecule has 0 aromatic heterocycles. The van der Waals surface area contributed by atoms with Gasteiger partial charge in [0.15, 0.2) is 0 Å². The average molecular weight is 247 g/mol. The highest BCUT2D eigenvalue weighted by molar-refractivity contribution is 5.23. The molecule has 0 bridgehead atoms. The van der Waals surface area contributed by atoms with Gasteiger partial charge in [-0.2, -0.15) is 0 Å². The van der Waals surface area contributed by atoms with Gasteiger partial charge in [0.05, 0.1) is 0 Å². The maximum absolute atomic E-state index is 3.68. The first-order valence-electron chi connectivity index (χ1n) is 7.21. The minimum Gasteiger partial charge on any atom is -0.313 e. The van der Waals surface area contributed by atoms with Gasteiger partial charge in [-0.15, -0.1) is 0 Å². The molecule has 1 atom stereocenters. The van der Waals surface area contributed by atoms with Gasteiger partial charge >= 0.3 is 0 Å². The van der Waals surface area contributed by atoms with E-state index < -0.39 is 0 Å². The number of benzene rings is 1. The van der Waals surface area contributed by atoms with E-state index >= 15 is 0 Å². The number of hydrogen-bond acceptors (Lipinski definition) is 1. The molecule has 1 heteroatoms. The molecular formula is C17H29N. The van der Waals surface area contributed by atoms with Crippen molar-refractivity contribution in [3.63, 3.8) is 0 Å². The van der Waals surface area contributed by atoms with Gasteiger partial charge in [-0.05, 0) is 31.2 Å². The summed E-state index contributed by atoms with van der Waals surface area (Å²) in [4.78, 5) is 0. The van der Waals surface area contributed by atoms with Crippen LogP contribution in [0.25, 0.3) is 0 Å². The Kier molecular flexibility index (Phi) is 5.87. The lowest BCUT2D eigenvalue weighted by molar-refractivity contribution is 0.396. The first-order valence-corrected chi connectivity index (χ1v) is 7.21. The summed E-state index contributed by atoms with van der Waals surface area (Å²) < 4.78 is 0. The molecule has 0 radical (unpaired) electrons. The molecule has 1 unspecified atom stereocenters. The zero-order valence-electron chi connectivity index (χ0n) is 12.7. The van der Waals surface area contributed by atoms with E-state index in [0.717, 1.165) is 12.5 Å². The molecule has 1 rings (SSSR count). The fourth-order valence-electron chi connectivity index (χ4n) is 2.11. The van der Waals surface area contributed by atoms with Crippen LogP contribution in [0.3, 0.4) is 0 Å². The summed E-state index contributed by atoms with van der Waals surface area (Å²) in [6.45, 7) is 12.5. The predicted molar refractivity (Wildman–Crippen MR) is 81.0 cm³/mol. The van der Waals surface area contributed by atoms with Gasteiger partial charge in [0, 0.05) is 18.0 Å². The smallest absolute Gasteiger partial charge is 0.00456 e. The predicted octanol–water partition coefficient (Wildman–Crippen LogP) is 4.38. The second-order valence-electron chi connectivity index (χ2n) is 6.50. The zero-order valence-corrected chi connectivity index (χ0v) is 12.7. The summed E-state index contributed by atoms with van der Waals surface area (Å²) in [5.74, 6) is 0.802. The minimum atomic E-state index is 0.202. The highest BCUT2D eigenvalue weighted by Gasteiger charge is 2.20. The number of rotatable bonds is 7. The standard InChI is InChI=1S/C17H29N/c1-14(2)11-12-15(3)18-13-17(4,5)16-9-7-6-8-10-16/h6-10,14-15,18H,11-13H2,1-5H3. The van der Waals surface area contributed by atoms with Crippen molar-refractivity contribution < 1.29 is 0 Å². The van der Waals surface area contributed by atoms with Crippen LogP contribution in [0, 0.1) is 5.92 Å². The fraction of sp³-hybridized carbons (Fsp3) is 0.647. The molecular weight excluding hydrogens is 218 g/mol. The summed E-state index contributed by atoms with van der Waals surface area (Å²) in [5.41, 5.74) is 1.61. The Balaban J connectivity index is 2.42. The number of nitrogens with one attached hydrogen (secondary N) is 1. The molecule has 102 valence electrons. The normalized spacial score (nSPS) is 13.9. The first kappa shape index (κ1) is 15.2. The van der Waals surface area contributed by atoms with Gasteiger partial charge in [0.1, 0.15) is 0 Å². The zero-order chi connectivity index (χ0) is 13.6. The Morgan fingerprint density at radius 1 is 1.00 bits per heavy atom. The molecule has 1 nitrogen and oxygen atoms in total. The molecule has 0 aliphatic rings. The molecule has 1 N–H and O–H groups in total. The minimum absolute atomic E-state index is 0.202. The second kappa shape index (κ2) is 6.94. The van der Waals surface area contributed by atoms with Crippen LogP contribution in [-0.2, 0) is 5.41 Å². The van der Waals surface area contributed by atoms with E-state index in [1.165, 1.54) is 18.4 Å². The van der Waals surface area contributed by atoms with E-state index in [1.807, 2.05) is 0 Å². The fourth-order valence-corrected chi connectivity index (χ4v) is 2.11. The molecule has 0 saturated heterocycles. The summed E-state index contributed by atoms with van der Waals surface area (Å²) >= 11 is 0. The lowest BCUT2D eigenvalue weighted by atomic mass is 9.84. The van der Waals surface area contributed by atoms with Crippen molar-refractivity contribution in [2.75, 3.05) is 6.54 Å². The third-order valence-corrected chi connectivity index (χ3v) is 3.62. The van der Waals surface area contributed by atoms with Gasteiger partial charge in [0.2, 0.25) is 0 Å². The lowest BCUT2D eigenvalue weighted by Crippen LogP contribution is -2.38. The third kappa shape index (κ3) is 5.22. The van der Waals surface area contributed by atoms with E-state index in [1.54, 1.807) is 0 Å².